The monoisotopic (exact) mass is 727 g/mol. The summed E-state index contributed by atoms with van der Waals surface area (Å²) in [6.07, 6.45) is 0. The van der Waals surface area contributed by atoms with Crippen LogP contribution in [0.25, 0.3) is 106 Å². The van der Waals surface area contributed by atoms with Gasteiger partial charge in [0.2, 0.25) is 0 Å². The van der Waals surface area contributed by atoms with Crippen LogP contribution in [0.5, 0.6) is 0 Å². The van der Waals surface area contributed by atoms with Gasteiger partial charge in [-0.15, -0.1) is 0 Å². The smallest absolute Gasteiger partial charge is 0.164 e. The molecule has 0 bridgehead atoms. The number of fused-ring (bicyclic) bond motifs is 7. The molecular weight excluding hydrogens is 695 g/mol. The lowest BCUT2D eigenvalue weighted by Gasteiger charge is -2.15. The molecule has 0 amide bonds. The molecule has 0 N–H and O–H groups in total. The maximum absolute atomic E-state index is 5.56. The molecule has 0 aliphatic carbocycles. The summed E-state index contributed by atoms with van der Waals surface area (Å²) in [5.74, 6) is 1.88. The average molecular weight is 728 g/mol. The van der Waals surface area contributed by atoms with Crippen LogP contribution in [0.15, 0.2) is 200 Å². The highest BCUT2D eigenvalue weighted by Crippen LogP contribution is 2.44. The Morgan fingerprint density at radius 2 is 0.842 bits per heavy atom. The summed E-state index contributed by atoms with van der Waals surface area (Å²) in [7, 11) is 0. The van der Waals surface area contributed by atoms with Gasteiger partial charge in [-0.25, -0.2) is 19.9 Å². The molecule has 0 saturated carbocycles. The van der Waals surface area contributed by atoms with Gasteiger partial charge < -0.3 is 4.57 Å². The molecule has 0 aliphatic heterocycles. The van der Waals surface area contributed by atoms with Crippen molar-refractivity contribution in [2.24, 2.45) is 0 Å². The van der Waals surface area contributed by atoms with E-state index in [4.69, 9.17) is 19.9 Å². The van der Waals surface area contributed by atoms with Crippen LogP contribution in [0.3, 0.4) is 0 Å². The van der Waals surface area contributed by atoms with Crippen LogP contribution < -0.4 is 0 Å². The summed E-state index contributed by atoms with van der Waals surface area (Å²) in [6, 6.07) is 69.7. The molecule has 0 aliphatic rings. The number of benzene rings is 8. The highest BCUT2D eigenvalue weighted by molar-refractivity contribution is 6.30. The zero-order valence-corrected chi connectivity index (χ0v) is 30.8. The lowest BCUT2D eigenvalue weighted by Crippen LogP contribution is -2.00. The third-order valence-electron chi connectivity index (χ3n) is 10.8. The Morgan fingerprint density at radius 3 is 1.53 bits per heavy atom. The van der Waals surface area contributed by atoms with Gasteiger partial charge in [-0.3, -0.25) is 0 Å². The van der Waals surface area contributed by atoms with E-state index in [0.29, 0.717) is 17.5 Å². The minimum Gasteiger partial charge on any atom is -0.309 e. The molecule has 8 aromatic carbocycles. The van der Waals surface area contributed by atoms with Crippen molar-refractivity contribution in [2.45, 2.75) is 0 Å². The number of aromatic nitrogens is 5. The topological polar surface area (TPSA) is 56.5 Å². The van der Waals surface area contributed by atoms with Crippen molar-refractivity contribution in [2.75, 3.05) is 0 Å². The third-order valence-corrected chi connectivity index (χ3v) is 10.8. The molecular formula is C52H33N5. The van der Waals surface area contributed by atoms with E-state index in [1.54, 1.807) is 0 Å². The fraction of sp³-hybridized carbons (Fsp3) is 0. The highest BCUT2D eigenvalue weighted by atomic mass is 15.0. The summed E-state index contributed by atoms with van der Waals surface area (Å²) >= 11 is 0. The van der Waals surface area contributed by atoms with Gasteiger partial charge in [0.15, 0.2) is 17.5 Å². The molecule has 11 rings (SSSR count). The number of hydrogen-bond donors (Lipinski definition) is 0. The van der Waals surface area contributed by atoms with Gasteiger partial charge in [0.05, 0.1) is 22.2 Å². The van der Waals surface area contributed by atoms with Crippen LogP contribution >= 0.6 is 0 Å². The van der Waals surface area contributed by atoms with E-state index in [0.717, 1.165) is 66.6 Å². The normalized spacial score (nSPS) is 11.5. The first-order valence-electron chi connectivity index (χ1n) is 19.2. The van der Waals surface area contributed by atoms with Crippen molar-refractivity contribution in [3.8, 4) is 62.2 Å². The zero-order valence-electron chi connectivity index (χ0n) is 30.8. The molecule has 0 atom stereocenters. The predicted octanol–water partition coefficient (Wildman–Crippen LogP) is 13.0. The van der Waals surface area contributed by atoms with E-state index in [1.807, 2.05) is 60.7 Å². The van der Waals surface area contributed by atoms with Crippen molar-refractivity contribution in [1.82, 2.24) is 24.5 Å². The first-order valence-corrected chi connectivity index (χ1v) is 19.2. The molecule has 0 radical (unpaired) electrons. The van der Waals surface area contributed by atoms with Gasteiger partial charge >= 0.3 is 0 Å². The summed E-state index contributed by atoms with van der Waals surface area (Å²) in [5.41, 5.74) is 11.3. The number of hydrogen-bond acceptors (Lipinski definition) is 4. The Morgan fingerprint density at radius 1 is 0.316 bits per heavy atom. The van der Waals surface area contributed by atoms with Crippen molar-refractivity contribution in [3.63, 3.8) is 0 Å². The van der Waals surface area contributed by atoms with E-state index < -0.39 is 0 Å². The van der Waals surface area contributed by atoms with Gasteiger partial charge in [0.1, 0.15) is 0 Å². The van der Waals surface area contributed by atoms with Crippen LogP contribution in [0.4, 0.5) is 0 Å². The second kappa shape index (κ2) is 13.5. The Bertz CT molecular complexity index is 3210. The molecule has 0 fully saturated rings. The van der Waals surface area contributed by atoms with E-state index in [9.17, 15) is 0 Å². The maximum Gasteiger partial charge on any atom is 0.164 e. The molecule has 0 spiro atoms. The summed E-state index contributed by atoms with van der Waals surface area (Å²) in [4.78, 5) is 20.6. The first-order chi connectivity index (χ1) is 28.3. The fourth-order valence-corrected chi connectivity index (χ4v) is 8.24. The van der Waals surface area contributed by atoms with E-state index in [-0.39, 0.29) is 0 Å². The van der Waals surface area contributed by atoms with E-state index in [2.05, 4.69) is 144 Å². The molecule has 3 heterocycles. The Balaban J connectivity index is 1.18. The number of pyridine rings is 1. The average Bonchev–Trinajstić information content (AvgIpc) is 3.64. The SMILES string of the molecule is c1ccc(-c2nc(-c3ccccc3)nc(-c3cccc(-c4cccc5c4nc(-c4ccccc4)c4ccc6c(c7ccccc7n6-c6ccccc6)c45)c3)n2)cc1. The molecule has 3 aromatic heterocycles. The van der Waals surface area contributed by atoms with Crippen molar-refractivity contribution >= 4 is 43.5 Å². The lowest BCUT2D eigenvalue weighted by molar-refractivity contribution is 1.07. The molecule has 5 heteroatoms. The summed E-state index contributed by atoms with van der Waals surface area (Å²) < 4.78 is 2.38. The van der Waals surface area contributed by atoms with Crippen LogP contribution in [0, 0.1) is 0 Å². The van der Waals surface area contributed by atoms with Gasteiger partial charge in [-0.2, -0.15) is 0 Å². The molecule has 0 unspecified atom stereocenters. The quantitative estimate of drug-likeness (QED) is 0.160. The Hall–Kier alpha value is -7.76. The highest BCUT2D eigenvalue weighted by Gasteiger charge is 2.21. The minimum absolute atomic E-state index is 0.614. The van der Waals surface area contributed by atoms with E-state index >= 15 is 0 Å². The standard InChI is InChI=1S/C52H33N5/c1-5-17-34(18-6-1)48-43-31-32-45-47(41-27-13-14-30-44(41)57(45)39-25-11-4-12-26-39)46(43)42-29-16-28-40(49(42)53-48)37-23-15-24-38(33-37)52-55-50(35-19-7-2-8-20-35)54-51(56-52)36-21-9-3-10-22-36/h1-33H. The molecule has 11 aromatic rings. The van der Waals surface area contributed by atoms with Gasteiger partial charge in [-0.05, 0) is 35.9 Å². The second-order valence-corrected chi connectivity index (χ2v) is 14.2. The minimum atomic E-state index is 0.614. The molecule has 57 heavy (non-hydrogen) atoms. The second-order valence-electron chi connectivity index (χ2n) is 14.2. The fourth-order valence-electron chi connectivity index (χ4n) is 8.24. The maximum atomic E-state index is 5.56. The first kappa shape index (κ1) is 32.7. The molecule has 266 valence electrons. The van der Waals surface area contributed by atoms with Gasteiger partial charge in [0.25, 0.3) is 0 Å². The van der Waals surface area contributed by atoms with Crippen LogP contribution in [0.2, 0.25) is 0 Å². The number of nitrogens with zero attached hydrogens (tertiary/aromatic N) is 5. The summed E-state index contributed by atoms with van der Waals surface area (Å²) in [6.45, 7) is 0. The van der Waals surface area contributed by atoms with Gasteiger partial charge in [-0.1, -0.05) is 170 Å². The van der Waals surface area contributed by atoms with Crippen LogP contribution in [-0.4, -0.2) is 24.5 Å². The summed E-state index contributed by atoms with van der Waals surface area (Å²) in [5, 5.41) is 5.84. The largest absolute Gasteiger partial charge is 0.309 e. The number of para-hydroxylation sites is 3. The Kier molecular flexibility index (Phi) is 7.74. The van der Waals surface area contributed by atoms with Crippen LogP contribution in [-0.2, 0) is 0 Å². The van der Waals surface area contributed by atoms with Crippen molar-refractivity contribution < 1.29 is 0 Å². The van der Waals surface area contributed by atoms with Crippen molar-refractivity contribution in [1.29, 1.82) is 0 Å². The molecule has 5 nitrogen and oxygen atoms in total. The van der Waals surface area contributed by atoms with Gasteiger partial charge in [0, 0.05) is 60.4 Å². The molecule has 0 saturated heterocycles. The number of rotatable bonds is 6. The Labute approximate surface area is 329 Å². The van der Waals surface area contributed by atoms with E-state index in [1.165, 1.54) is 21.7 Å². The zero-order chi connectivity index (χ0) is 37.7. The van der Waals surface area contributed by atoms with Crippen LogP contribution in [0.1, 0.15) is 0 Å². The predicted molar refractivity (Wildman–Crippen MR) is 234 cm³/mol. The lowest BCUT2D eigenvalue weighted by atomic mass is 9.93. The van der Waals surface area contributed by atoms with Crippen molar-refractivity contribution in [3.05, 3.63) is 200 Å². The third kappa shape index (κ3) is 5.56.